The number of rotatable bonds is 9. The highest BCUT2D eigenvalue weighted by molar-refractivity contribution is 7.89. The summed E-state index contributed by atoms with van der Waals surface area (Å²) in [6.45, 7) is 3.54. The molecule has 6 nitrogen and oxygen atoms in total. The number of sulfonamides is 1. The Kier molecular flexibility index (Phi) is 6.98. The number of methoxy groups -OCH3 is 1. The Balaban J connectivity index is 2.29. The van der Waals surface area contributed by atoms with Gasteiger partial charge < -0.3 is 9.84 Å². The zero-order valence-electron chi connectivity index (χ0n) is 15.7. The first-order chi connectivity index (χ1) is 12.7. The molecule has 0 fully saturated rings. The molecule has 0 spiro atoms. The molecule has 0 amide bonds. The maximum Gasteiger partial charge on any atom is 0.303 e. The summed E-state index contributed by atoms with van der Waals surface area (Å²) >= 11 is 0. The smallest absolute Gasteiger partial charge is 0.303 e. The highest BCUT2D eigenvalue weighted by atomic mass is 32.2. The molecule has 0 radical (unpaired) electrons. The molecule has 2 aromatic carbocycles. The van der Waals surface area contributed by atoms with E-state index in [1.54, 1.807) is 19.9 Å². The van der Waals surface area contributed by atoms with Crippen molar-refractivity contribution in [1.82, 2.24) is 4.72 Å². The maximum absolute atomic E-state index is 13.0. The zero-order chi connectivity index (χ0) is 20.0. The van der Waals surface area contributed by atoms with Crippen LogP contribution in [-0.4, -0.2) is 32.6 Å². The van der Waals surface area contributed by atoms with E-state index in [-0.39, 0.29) is 17.7 Å². The van der Waals surface area contributed by atoms with Crippen LogP contribution in [0.25, 0.3) is 0 Å². The zero-order valence-corrected chi connectivity index (χ0v) is 16.5. The molecule has 146 valence electrons. The minimum atomic E-state index is -3.80. The van der Waals surface area contributed by atoms with E-state index in [2.05, 4.69) is 4.72 Å². The highest BCUT2D eigenvalue weighted by Gasteiger charge is 2.24. The van der Waals surface area contributed by atoms with Gasteiger partial charge in [-0.2, -0.15) is 0 Å². The van der Waals surface area contributed by atoms with Gasteiger partial charge in [0, 0.05) is 12.5 Å². The summed E-state index contributed by atoms with van der Waals surface area (Å²) in [5.74, 6) is -0.332. The molecule has 2 rings (SSSR count). The van der Waals surface area contributed by atoms with Gasteiger partial charge in [0.25, 0.3) is 0 Å². The lowest BCUT2D eigenvalue weighted by Crippen LogP contribution is -2.37. The predicted octanol–water partition coefficient (Wildman–Crippen LogP) is 3.07. The number of carboxylic acids is 1. The van der Waals surface area contributed by atoms with Crippen LogP contribution in [0.2, 0.25) is 0 Å². The lowest BCUT2D eigenvalue weighted by Gasteiger charge is -2.20. The third-order valence-electron chi connectivity index (χ3n) is 4.55. The SMILES string of the molecule is COc1ccc(S(=O)(=O)NC(CCC(=O)O)Cc2ccccc2)c(C)c1C. The van der Waals surface area contributed by atoms with Crippen LogP contribution >= 0.6 is 0 Å². The maximum atomic E-state index is 13.0. The van der Waals surface area contributed by atoms with Crippen molar-refractivity contribution in [2.75, 3.05) is 7.11 Å². The number of hydrogen-bond donors (Lipinski definition) is 2. The van der Waals surface area contributed by atoms with Crippen molar-refractivity contribution in [2.24, 2.45) is 0 Å². The average Bonchev–Trinajstić information content (AvgIpc) is 2.62. The molecule has 1 atom stereocenters. The van der Waals surface area contributed by atoms with Crippen molar-refractivity contribution in [3.05, 3.63) is 59.2 Å². The summed E-state index contributed by atoms with van der Waals surface area (Å²) in [4.78, 5) is 11.1. The average molecular weight is 391 g/mol. The molecule has 2 aromatic rings. The van der Waals surface area contributed by atoms with E-state index in [1.807, 2.05) is 30.3 Å². The number of hydrogen-bond acceptors (Lipinski definition) is 4. The van der Waals surface area contributed by atoms with Crippen LogP contribution in [0.3, 0.4) is 0 Å². The Morgan fingerprint density at radius 2 is 1.78 bits per heavy atom. The third-order valence-corrected chi connectivity index (χ3v) is 6.22. The van der Waals surface area contributed by atoms with Gasteiger partial charge in [-0.25, -0.2) is 13.1 Å². The molecule has 0 aliphatic heterocycles. The first-order valence-electron chi connectivity index (χ1n) is 8.67. The molecule has 0 aliphatic rings. The van der Waals surface area contributed by atoms with Crippen LogP contribution in [0, 0.1) is 13.8 Å². The molecule has 0 heterocycles. The lowest BCUT2D eigenvalue weighted by molar-refractivity contribution is -0.137. The van der Waals surface area contributed by atoms with E-state index in [0.717, 1.165) is 11.1 Å². The summed E-state index contributed by atoms with van der Waals surface area (Å²) in [5, 5.41) is 8.99. The van der Waals surface area contributed by atoms with Crippen LogP contribution in [0.15, 0.2) is 47.4 Å². The highest BCUT2D eigenvalue weighted by Crippen LogP contribution is 2.27. The molecule has 0 saturated carbocycles. The Morgan fingerprint density at radius 3 is 2.37 bits per heavy atom. The lowest BCUT2D eigenvalue weighted by atomic mass is 10.0. The van der Waals surface area contributed by atoms with Crippen LogP contribution in [0.4, 0.5) is 0 Å². The summed E-state index contributed by atoms with van der Waals surface area (Å²) in [6.07, 6.45) is 0.514. The third kappa shape index (κ3) is 5.55. The van der Waals surface area contributed by atoms with Crippen molar-refractivity contribution >= 4 is 16.0 Å². The van der Waals surface area contributed by atoms with Gasteiger partial charge in [0.15, 0.2) is 0 Å². The van der Waals surface area contributed by atoms with Gasteiger partial charge in [0.05, 0.1) is 12.0 Å². The standard InChI is InChI=1S/C20H25NO5S/c1-14-15(2)19(11-10-18(14)26-3)27(24,25)21-17(9-12-20(22)23)13-16-7-5-4-6-8-16/h4-8,10-11,17,21H,9,12-13H2,1-3H3,(H,22,23). The van der Waals surface area contributed by atoms with E-state index in [4.69, 9.17) is 9.84 Å². The molecule has 0 aromatic heterocycles. The minimum Gasteiger partial charge on any atom is -0.496 e. The van der Waals surface area contributed by atoms with Crippen molar-refractivity contribution < 1.29 is 23.1 Å². The molecule has 0 bridgehead atoms. The van der Waals surface area contributed by atoms with Crippen molar-refractivity contribution in [3.8, 4) is 5.75 Å². The predicted molar refractivity (Wildman–Crippen MR) is 104 cm³/mol. The van der Waals surface area contributed by atoms with Gasteiger partial charge >= 0.3 is 5.97 Å². The molecule has 2 N–H and O–H groups in total. The Bertz CT molecular complexity index is 894. The number of nitrogens with one attached hydrogen (secondary N) is 1. The van der Waals surface area contributed by atoms with Gasteiger partial charge in [0.1, 0.15) is 5.75 Å². The van der Waals surface area contributed by atoms with E-state index in [1.165, 1.54) is 13.2 Å². The van der Waals surface area contributed by atoms with Crippen LogP contribution in [0.1, 0.15) is 29.5 Å². The molecular weight excluding hydrogens is 366 g/mol. The fourth-order valence-corrected chi connectivity index (χ4v) is 4.54. The first-order valence-corrected chi connectivity index (χ1v) is 10.1. The summed E-state index contributed by atoms with van der Waals surface area (Å²) in [5.41, 5.74) is 2.31. The monoisotopic (exact) mass is 391 g/mol. The van der Waals surface area contributed by atoms with Crippen LogP contribution in [-0.2, 0) is 21.2 Å². The molecule has 27 heavy (non-hydrogen) atoms. The van der Waals surface area contributed by atoms with Gasteiger partial charge in [-0.05, 0) is 55.5 Å². The first kappa shape index (κ1) is 20.9. The van der Waals surface area contributed by atoms with E-state index in [0.29, 0.717) is 17.7 Å². The fraction of sp³-hybridized carbons (Fsp3) is 0.350. The van der Waals surface area contributed by atoms with E-state index < -0.39 is 22.0 Å². The van der Waals surface area contributed by atoms with Gasteiger partial charge in [-0.3, -0.25) is 4.79 Å². The summed E-state index contributed by atoms with van der Waals surface area (Å²) in [7, 11) is -2.27. The normalized spacial score (nSPS) is 12.6. The summed E-state index contributed by atoms with van der Waals surface area (Å²) < 4.78 is 33.8. The second-order valence-electron chi connectivity index (χ2n) is 6.46. The van der Waals surface area contributed by atoms with E-state index in [9.17, 15) is 13.2 Å². The van der Waals surface area contributed by atoms with Crippen molar-refractivity contribution in [1.29, 1.82) is 0 Å². The van der Waals surface area contributed by atoms with E-state index >= 15 is 0 Å². The number of benzene rings is 2. The topological polar surface area (TPSA) is 92.7 Å². The molecule has 7 heteroatoms. The molecular formula is C20H25NO5S. The van der Waals surface area contributed by atoms with Gasteiger partial charge in [-0.15, -0.1) is 0 Å². The van der Waals surface area contributed by atoms with Crippen molar-refractivity contribution in [3.63, 3.8) is 0 Å². The van der Waals surface area contributed by atoms with Gasteiger partial charge in [0.2, 0.25) is 10.0 Å². The second kappa shape index (κ2) is 9.01. The Labute approximate surface area is 160 Å². The van der Waals surface area contributed by atoms with Crippen molar-refractivity contribution in [2.45, 2.75) is 44.0 Å². The number of carboxylic acid groups (broad SMARTS) is 1. The molecule has 0 aliphatic carbocycles. The van der Waals surface area contributed by atoms with Crippen LogP contribution in [0.5, 0.6) is 5.75 Å². The van der Waals surface area contributed by atoms with Crippen LogP contribution < -0.4 is 9.46 Å². The number of aliphatic carboxylic acids is 1. The quantitative estimate of drug-likeness (QED) is 0.685. The fourth-order valence-electron chi connectivity index (χ4n) is 2.97. The minimum absolute atomic E-state index is 0.110. The Morgan fingerprint density at radius 1 is 1.11 bits per heavy atom. The largest absolute Gasteiger partial charge is 0.496 e. The number of ether oxygens (including phenoxy) is 1. The molecule has 0 saturated heterocycles. The summed E-state index contributed by atoms with van der Waals surface area (Å²) in [6, 6.07) is 12.0. The second-order valence-corrected chi connectivity index (χ2v) is 8.14. The molecule has 1 unspecified atom stereocenters. The number of carbonyl (C=O) groups is 1. The Hall–Kier alpha value is -2.38. The van der Waals surface area contributed by atoms with Gasteiger partial charge in [-0.1, -0.05) is 30.3 Å².